The number of fused-ring (bicyclic) bond motifs is 1. The van der Waals surface area contributed by atoms with Crippen LogP contribution in [0.3, 0.4) is 0 Å². The Bertz CT molecular complexity index is 395. The summed E-state index contributed by atoms with van der Waals surface area (Å²) in [5.41, 5.74) is 1.30. The lowest BCUT2D eigenvalue weighted by Gasteiger charge is -2.12. The summed E-state index contributed by atoms with van der Waals surface area (Å²) in [6, 6.07) is 8.28. The third-order valence-electron chi connectivity index (χ3n) is 3.02. The molecule has 0 aromatic heterocycles. The quantitative estimate of drug-likeness (QED) is 0.823. The average Bonchev–Trinajstić information content (AvgIpc) is 2.78. The summed E-state index contributed by atoms with van der Waals surface area (Å²) < 4.78 is 0. The fourth-order valence-electron chi connectivity index (χ4n) is 2.05. The molecule has 1 aromatic carbocycles. The van der Waals surface area contributed by atoms with E-state index in [9.17, 15) is 4.79 Å². The van der Waals surface area contributed by atoms with E-state index in [0.717, 1.165) is 25.9 Å². The molecule has 98 valence electrons. The largest absolute Gasteiger partial charge is 0.355 e. The minimum atomic E-state index is 0.0572. The maximum absolute atomic E-state index is 12.0. The highest BCUT2D eigenvalue weighted by atomic mass is 32.2. The van der Waals surface area contributed by atoms with Crippen molar-refractivity contribution in [3.8, 4) is 0 Å². The Balaban J connectivity index is 1.76. The Morgan fingerprint density at radius 1 is 1.44 bits per heavy atom. The fourth-order valence-corrected chi connectivity index (χ4v) is 3.27. The predicted molar refractivity (Wildman–Crippen MR) is 76.0 cm³/mol. The van der Waals surface area contributed by atoms with E-state index in [2.05, 4.69) is 22.3 Å². The van der Waals surface area contributed by atoms with Crippen LogP contribution >= 0.6 is 11.8 Å². The molecule has 0 radical (unpaired) electrons. The molecule has 1 heterocycles. The minimum Gasteiger partial charge on any atom is -0.355 e. The van der Waals surface area contributed by atoms with E-state index in [1.54, 1.807) is 11.8 Å². The number of amides is 1. The third kappa shape index (κ3) is 3.50. The lowest BCUT2D eigenvalue weighted by Crippen LogP contribution is -2.34. The molecule has 1 aliphatic heterocycles. The van der Waals surface area contributed by atoms with Crippen LogP contribution in [0.5, 0.6) is 0 Å². The molecule has 1 atom stereocenters. The van der Waals surface area contributed by atoms with Crippen molar-refractivity contribution >= 4 is 17.7 Å². The van der Waals surface area contributed by atoms with Gasteiger partial charge in [-0.3, -0.25) is 4.79 Å². The van der Waals surface area contributed by atoms with Gasteiger partial charge in [0.15, 0.2) is 0 Å². The van der Waals surface area contributed by atoms with Crippen LogP contribution in [0.4, 0.5) is 0 Å². The van der Waals surface area contributed by atoms with Crippen molar-refractivity contribution in [2.75, 3.05) is 27.2 Å². The maximum Gasteiger partial charge on any atom is 0.233 e. The Morgan fingerprint density at radius 2 is 2.22 bits per heavy atom. The Morgan fingerprint density at radius 3 is 2.94 bits per heavy atom. The summed E-state index contributed by atoms with van der Waals surface area (Å²) >= 11 is 1.69. The van der Waals surface area contributed by atoms with Gasteiger partial charge in [0.05, 0.1) is 5.25 Å². The third-order valence-corrected chi connectivity index (χ3v) is 4.34. The second kappa shape index (κ2) is 6.25. The molecule has 0 aliphatic carbocycles. The van der Waals surface area contributed by atoms with Crippen LogP contribution in [0.2, 0.25) is 0 Å². The van der Waals surface area contributed by atoms with Crippen LogP contribution in [0, 0.1) is 0 Å². The monoisotopic (exact) mass is 264 g/mol. The van der Waals surface area contributed by atoms with Crippen LogP contribution in [0.15, 0.2) is 29.2 Å². The molecule has 0 saturated carbocycles. The smallest absolute Gasteiger partial charge is 0.233 e. The van der Waals surface area contributed by atoms with Crippen molar-refractivity contribution < 1.29 is 4.79 Å². The molecule has 1 unspecified atom stereocenters. The van der Waals surface area contributed by atoms with Gasteiger partial charge in [0, 0.05) is 11.4 Å². The van der Waals surface area contributed by atoms with Crippen molar-refractivity contribution in [2.45, 2.75) is 23.0 Å². The van der Waals surface area contributed by atoms with Crippen LogP contribution in [0.25, 0.3) is 0 Å². The van der Waals surface area contributed by atoms with E-state index in [1.807, 2.05) is 26.2 Å². The molecule has 1 aromatic rings. The summed E-state index contributed by atoms with van der Waals surface area (Å²) in [5, 5.41) is 3.09. The second-order valence-corrected chi connectivity index (χ2v) is 6.11. The minimum absolute atomic E-state index is 0.0572. The van der Waals surface area contributed by atoms with Crippen molar-refractivity contribution in [3.05, 3.63) is 29.8 Å². The summed E-state index contributed by atoms with van der Waals surface area (Å²) in [7, 11) is 4.09. The number of carbonyl (C=O) groups excluding carboxylic acids is 1. The first-order valence-corrected chi connectivity index (χ1v) is 7.22. The molecule has 3 nitrogen and oxygen atoms in total. The Hall–Kier alpha value is -1.00. The van der Waals surface area contributed by atoms with E-state index in [1.165, 1.54) is 10.5 Å². The molecule has 0 saturated heterocycles. The molecule has 2 rings (SSSR count). The van der Waals surface area contributed by atoms with Crippen molar-refractivity contribution in [1.29, 1.82) is 0 Å². The molecule has 1 amide bonds. The van der Waals surface area contributed by atoms with Gasteiger partial charge in [-0.2, -0.15) is 0 Å². The standard InChI is InChI=1S/C14H20N2OS/c1-16(2)9-5-8-15-14(17)13-10-11-6-3-4-7-12(11)18-13/h3-4,6-7,13H,5,8-10H2,1-2H3,(H,15,17). The summed E-state index contributed by atoms with van der Waals surface area (Å²) in [6.07, 6.45) is 1.86. The SMILES string of the molecule is CN(C)CCCNC(=O)C1Cc2ccccc2S1. The Kier molecular flexibility index (Phi) is 4.66. The maximum atomic E-state index is 12.0. The summed E-state index contributed by atoms with van der Waals surface area (Å²) in [5.74, 6) is 0.176. The van der Waals surface area contributed by atoms with E-state index in [0.29, 0.717) is 0 Å². The molecule has 18 heavy (non-hydrogen) atoms. The molecule has 0 bridgehead atoms. The van der Waals surface area contributed by atoms with Crippen molar-refractivity contribution in [3.63, 3.8) is 0 Å². The van der Waals surface area contributed by atoms with Gasteiger partial charge in [0.1, 0.15) is 0 Å². The van der Waals surface area contributed by atoms with Gasteiger partial charge in [0.2, 0.25) is 5.91 Å². The highest BCUT2D eigenvalue weighted by Gasteiger charge is 2.27. The zero-order chi connectivity index (χ0) is 13.0. The molecular weight excluding hydrogens is 244 g/mol. The number of carbonyl (C=O) groups is 1. The highest BCUT2D eigenvalue weighted by molar-refractivity contribution is 8.01. The molecular formula is C14H20N2OS. The molecule has 0 fully saturated rings. The van der Waals surface area contributed by atoms with Crippen LogP contribution in [-0.2, 0) is 11.2 Å². The van der Waals surface area contributed by atoms with E-state index in [4.69, 9.17) is 0 Å². The highest BCUT2D eigenvalue weighted by Crippen LogP contribution is 2.36. The molecule has 0 spiro atoms. The van der Waals surface area contributed by atoms with Gasteiger partial charge >= 0.3 is 0 Å². The van der Waals surface area contributed by atoms with Crippen LogP contribution in [0.1, 0.15) is 12.0 Å². The van der Waals surface area contributed by atoms with Gasteiger partial charge in [-0.1, -0.05) is 18.2 Å². The van der Waals surface area contributed by atoms with Crippen LogP contribution in [-0.4, -0.2) is 43.2 Å². The van der Waals surface area contributed by atoms with Crippen molar-refractivity contribution in [2.24, 2.45) is 0 Å². The van der Waals surface area contributed by atoms with Gasteiger partial charge in [-0.05, 0) is 45.1 Å². The summed E-state index contributed by atoms with van der Waals surface area (Å²) in [4.78, 5) is 15.4. The second-order valence-electron chi connectivity index (χ2n) is 4.87. The zero-order valence-corrected chi connectivity index (χ0v) is 11.8. The molecule has 4 heteroatoms. The molecule has 1 aliphatic rings. The number of nitrogens with one attached hydrogen (secondary N) is 1. The normalized spacial score (nSPS) is 17.8. The van der Waals surface area contributed by atoms with Crippen molar-refractivity contribution in [1.82, 2.24) is 10.2 Å². The van der Waals surface area contributed by atoms with Gasteiger partial charge < -0.3 is 10.2 Å². The lowest BCUT2D eigenvalue weighted by atomic mass is 10.1. The molecule has 1 N–H and O–H groups in total. The number of benzene rings is 1. The number of thioether (sulfide) groups is 1. The predicted octanol–water partition coefficient (Wildman–Crippen LogP) is 1.77. The first-order valence-electron chi connectivity index (χ1n) is 6.34. The zero-order valence-electron chi connectivity index (χ0n) is 11.0. The topological polar surface area (TPSA) is 32.3 Å². The van der Waals surface area contributed by atoms with Gasteiger partial charge in [0.25, 0.3) is 0 Å². The fraction of sp³-hybridized carbons (Fsp3) is 0.500. The van der Waals surface area contributed by atoms with E-state index >= 15 is 0 Å². The van der Waals surface area contributed by atoms with E-state index in [-0.39, 0.29) is 11.2 Å². The number of nitrogens with zero attached hydrogens (tertiary/aromatic N) is 1. The first kappa shape index (κ1) is 13.4. The first-order chi connectivity index (χ1) is 8.66. The summed E-state index contributed by atoms with van der Waals surface area (Å²) in [6.45, 7) is 1.78. The number of hydrogen-bond acceptors (Lipinski definition) is 3. The average molecular weight is 264 g/mol. The number of hydrogen-bond donors (Lipinski definition) is 1. The Labute approximate surface area is 113 Å². The lowest BCUT2D eigenvalue weighted by molar-refractivity contribution is -0.120. The van der Waals surface area contributed by atoms with Gasteiger partial charge in [-0.25, -0.2) is 0 Å². The van der Waals surface area contributed by atoms with Crippen LogP contribution < -0.4 is 5.32 Å². The van der Waals surface area contributed by atoms with E-state index < -0.39 is 0 Å². The number of rotatable bonds is 5. The van der Waals surface area contributed by atoms with Gasteiger partial charge in [-0.15, -0.1) is 11.8 Å².